The molecule has 3 aromatic carbocycles. The van der Waals surface area contributed by atoms with Crippen molar-refractivity contribution in [2.45, 2.75) is 0 Å². The normalized spacial score (nSPS) is 10.3. The molecule has 0 aliphatic heterocycles. The number of halogens is 1. The molecule has 3 rings (SSSR count). The van der Waals surface area contributed by atoms with E-state index in [4.69, 9.17) is 23.8 Å². The van der Waals surface area contributed by atoms with Crippen LogP contribution in [0.15, 0.2) is 84.9 Å². The van der Waals surface area contributed by atoms with Gasteiger partial charge in [-0.15, -0.1) is 0 Å². The fraction of sp³-hybridized carbons (Fsp3) is 0. The largest absolute Gasteiger partial charge is 0.322 e. The smallest absolute Gasteiger partial charge is 0.269 e. The van der Waals surface area contributed by atoms with Crippen molar-refractivity contribution < 1.29 is 14.4 Å². The molecule has 0 aromatic heterocycles. The van der Waals surface area contributed by atoms with Gasteiger partial charge in [0.2, 0.25) is 5.91 Å². The van der Waals surface area contributed by atoms with Gasteiger partial charge in [-0.1, -0.05) is 48.0 Å². The number of anilines is 1. The molecule has 0 unspecified atom stereocenters. The van der Waals surface area contributed by atoms with Crippen LogP contribution in [0.2, 0.25) is 5.02 Å². The van der Waals surface area contributed by atoms with Gasteiger partial charge in [0.15, 0.2) is 5.11 Å². The molecule has 7 nitrogen and oxygen atoms in total. The molecule has 0 spiro atoms. The summed E-state index contributed by atoms with van der Waals surface area (Å²) >= 11 is 11.0. The molecule has 0 atom stereocenters. The topological polar surface area (TPSA) is 99.3 Å². The van der Waals surface area contributed by atoms with Gasteiger partial charge in [-0.3, -0.25) is 30.6 Å². The van der Waals surface area contributed by atoms with Crippen LogP contribution in [0, 0.1) is 0 Å². The highest BCUT2D eigenvalue weighted by molar-refractivity contribution is 7.80. The first kappa shape index (κ1) is 23.6. The number of carbonyl (C=O) groups excluding carboxylic acids is 3. The number of rotatable bonds is 5. The molecule has 33 heavy (non-hydrogen) atoms. The molecule has 0 saturated heterocycles. The van der Waals surface area contributed by atoms with E-state index in [0.717, 1.165) is 0 Å². The van der Waals surface area contributed by atoms with Crippen LogP contribution in [-0.2, 0) is 4.79 Å². The lowest BCUT2D eigenvalue weighted by Gasteiger charge is -2.10. The zero-order valence-corrected chi connectivity index (χ0v) is 18.7. The quantitative estimate of drug-likeness (QED) is 0.253. The highest BCUT2D eigenvalue weighted by Gasteiger charge is 2.09. The Bertz CT molecular complexity index is 1200. The minimum absolute atomic E-state index is 0.0797. The second-order valence-electron chi connectivity index (χ2n) is 6.65. The Morgan fingerprint density at radius 3 is 2.09 bits per heavy atom. The zero-order valence-electron chi connectivity index (χ0n) is 17.2. The van der Waals surface area contributed by atoms with Crippen molar-refractivity contribution in [1.82, 2.24) is 16.2 Å². The molecule has 0 fully saturated rings. The lowest BCUT2D eigenvalue weighted by atomic mass is 10.2. The third kappa shape index (κ3) is 7.27. The van der Waals surface area contributed by atoms with Gasteiger partial charge in [0.1, 0.15) is 0 Å². The van der Waals surface area contributed by atoms with Crippen molar-refractivity contribution >= 4 is 58.4 Å². The SMILES string of the molecule is O=C(/C=C/c1ccccc1Cl)NC(=S)NNC(=O)c1ccc(NC(=O)c2ccccc2)cc1. The van der Waals surface area contributed by atoms with E-state index in [1.165, 1.54) is 6.08 Å². The Hall–Kier alpha value is -4.01. The summed E-state index contributed by atoms with van der Waals surface area (Å²) in [5.74, 6) is -1.21. The third-order valence-electron chi connectivity index (χ3n) is 4.29. The molecule has 3 amide bonds. The molecule has 0 saturated carbocycles. The first-order valence-corrected chi connectivity index (χ1v) is 10.5. The minimum Gasteiger partial charge on any atom is -0.322 e. The Labute approximate surface area is 200 Å². The van der Waals surface area contributed by atoms with Crippen LogP contribution >= 0.6 is 23.8 Å². The highest BCUT2D eigenvalue weighted by atomic mass is 35.5. The maximum Gasteiger partial charge on any atom is 0.269 e. The molecule has 166 valence electrons. The number of thiocarbonyl (C=S) groups is 1. The number of hydrogen-bond acceptors (Lipinski definition) is 4. The molecule has 0 bridgehead atoms. The first-order valence-electron chi connectivity index (χ1n) is 9.73. The molecular weight excluding hydrogens is 460 g/mol. The maximum absolute atomic E-state index is 12.3. The van der Waals surface area contributed by atoms with Crippen LogP contribution in [0.3, 0.4) is 0 Å². The summed E-state index contributed by atoms with van der Waals surface area (Å²) in [4.78, 5) is 36.4. The average molecular weight is 479 g/mol. The average Bonchev–Trinajstić information content (AvgIpc) is 2.83. The first-order chi connectivity index (χ1) is 15.9. The summed E-state index contributed by atoms with van der Waals surface area (Å²) in [5.41, 5.74) is 6.94. The van der Waals surface area contributed by atoms with Gasteiger partial charge in [-0.2, -0.15) is 0 Å². The van der Waals surface area contributed by atoms with Crippen molar-refractivity contribution in [3.05, 3.63) is 107 Å². The van der Waals surface area contributed by atoms with Crippen LogP contribution in [-0.4, -0.2) is 22.8 Å². The summed E-state index contributed by atoms with van der Waals surface area (Å²) in [6.07, 6.45) is 2.83. The molecule has 0 radical (unpaired) electrons. The predicted octanol–water partition coefficient (Wildman–Crippen LogP) is 3.94. The highest BCUT2D eigenvalue weighted by Crippen LogP contribution is 2.16. The van der Waals surface area contributed by atoms with Gasteiger partial charge < -0.3 is 5.32 Å². The summed E-state index contributed by atoms with van der Waals surface area (Å²) in [6.45, 7) is 0. The molecule has 4 N–H and O–H groups in total. The van der Waals surface area contributed by atoms with Crippen LogP contribution in [0.5, 0.6) is 0 Å². The number of hydrogen-bond donors (Lipinski definition) is 4. The molecule has 0 heterocycles. The Morgan fingerprint density at radius 2 is 1.39 bits per heavy atom. The zero-order chi connectivity index (χ0) is 23.6. The summed E-state index contributed by atoms with van der Waals surface area (Å²) < 4.78 is 0. The molecule has 0 aliphatic rings. The minimum atomic E-state index is -0.486. The standard InChI is InChI=1S/C24H19ClN4O3S/c25-20-9-5-4-6-16(20)12-15-21(30)27-24(33)29-28-23(32)18-10-13-19(14-11-18)26-22(31)17-7-2-1-3-8-17/h1-15H,(H,26,31)(H,28,32)(H2,27,29,30,33)/b15-12+. The van der Waals surface area contributed by atoms with Gasteiger partial charge in [-0.25, -0.2) is 0 Å². The Kier molecular flexibility index (Phi) is 8.29. The van der Waals surface area contributed by atoms with Crippen LogP contribution in [0.1, 0.15) is 26.3 Å². The molecule has 3 aromatic rings. The summed E-state index contributed by atoms with van der Waals surface area (Å²) in [5, 5.41) is 5.60. The lowest BCUT2D eigenvalue weighted by Crippen LogP contribution is -2.48. The number of amides is 3. The van der Waals surface area contributed by atoms with E-state index in [9.17, 15) is 14.4 Å². The van der Waals surface area contributed by atoms with E-state index >= 15 is 0 Å². The predicted molar refractivity (Wildman–Crippen MR) is 133 cm³/mol. The van der Waals surface area contributed by atoms with E-state index in [1.807, 2.05) is 6.07 Å². The second kappa shape index (κ2) is 11.6. The fourth-order valence-electron chi connectivity index (χ4n) is 2.64. The number of nitrogens with one attached hydrogen (secondary N) is 4. The van der Waals surface area contributed by atoms with E-state index in [-0.39, 0.29) is 11.0 Å². The Morgan fingerprint density at radius 1 is 0.758 bits per heavy atom. The van der Waals surface area contributed by atoms with E-state index in [0.29, 0.717) is 27.4 Å². The number of carbonyl (C=O) groups is 3. The van der Waals surface area contributed by atoms with E-state index in [2.05, 4.69) is 21.5 Å². The number of hydrazine groups is 1. The Balaban J connectivity index is 1.46. The van der Waals surface area contributed by atoms with Crippen molar-refractivity contribution in [3.8, 4) is 0 Å². The van der Waals surface area contributed by atoms with Crippen LogP contribution < -0.4 is 21.5 Å². The third-order valence-corrected chi connectivity index (χ3v) is 4.84. The van der Waals surface area contributed by atoms with E-state index < -0.39 is 11.8 Å². The van der Waals surface area contributed by atoms with E-state index in [1.54, 1.807) is 78.9 Å². The monoisotopic (exact) mass is 478 g/mol. The summed E-state index contributed by atoms with van der Waals surface area (Å²) in [6, 6.07) is 22.2. The van der Waals surface area contributed by atoms with Gasteiger partial charge in [-0.05, 0) is 66.3 Å². The van der Waals surface area contributed by atoms with Gasteiger partial charge in [0.05, 0.1) is 0 Å². The molecular formula is C24H19ClN4O3S. The van der Waals surface area contributed by atoms with Crippen molar-refractivity contribution in [2.24, 2.45) is 0 Å². The maximum atomic E-state index is 12.3. The number of benzene rings is 3. The fourth-order valence-corrected chi connectivity index (χ4v) is 2.99. The van der Waals surface area contributed by atoms with Gasteiger partial charge >= 0.3 is 0 Å². The second-order valence-corrected chi connectivity index (χ2v) is 7.47. The molecule has 9 heteroatoms. The van der Waals surface area contributed by atoms with Crippen molar-refractivity contribution in [3.63, 3.8) is 0 Å². The van der Waals surface area contributed by atoms with Crippen LogP contribution in [0.25, 0.3) is 6.08 Å². The molecule has 0 aliphatic carbocycles. The summed E-state index contributed by atoms with van der Waals surface area (Å²) in [7, 11) is 0. The lowest BCUT2D eigenvalue weighted by molar-refractivity contribution is -0.115. The van der Waals surface area contributed by atoms with Gasteiger partial charge in [0, 0.05) is 27.9 Å². The van der Waals surface area contributed by atoms with Crippen molar-refractivity contribution in [2.75, 3.05) is 5.32 Å². The van der Waals surface area contributed by atoms with Gasteiger partial charge in [0.25, 0.3) is 11.8 Å². The van der Waals surface area contributed by atoms with Crippen molar-refractivity contribution in [1.29, 1.82) is 0 Å². The van der Waals surface area contributed by atoms with Crippen LogP contribution in [0.4, 0.5) is 5.69 Å².